The van der Waals surface area contributed by atoms with Crippen molar-refractivity contribution in [1.29, 1.82) is 0 Å². The van der Waals surface area contributed by atoms with Gasteiger partial charge >= 0.3 is 11.4 Å². The van der Waals surface area contributed by atoms with Crippen molar-refractivity contribution in [3.63, 3.8) is 0 Å². The quantitative estimate of drug-likeness (QED) is 0.564. The van der Waals surface area contributed by atoms with Crippen LogP contribution in [0.5, 0.6) is 0 Å². The Morgan fingerprint density at radius 3 is 2.64 bits per heavy atom. The van der Waals surface area contributed by atoms with Gasteiger partial charge in [-0.05, 0) is 6.26 Å². The molecule has 6 heteroatoms. The van der Waals surface area contributed by atoms with Crippen LogP contribution in [0, 0.1) is 0 Å². The van der Waals surface area contributed by atoms with E-state index >= 15 is 0 Å². The van der Waals surface area contributed by atoms with Crippen molar-refractivity contribution in [2.24, 2.45) is 7.05 Å². The Kier molecular flexibility index (Phi) is 2.13. The van der Waals surface area contributed by atoms with E-state index in [9.17, 15) is 9.59 Å². The summed E-state index contributed by atoms with van der Waals surface area (Å²) in [5.41, 5.74) is -0.965. The second-order valence-electron chi connectivity index (χ2n) is 1.89. The van der Waals surface area contributed by atoms with Crippen molar-refractivity contribution in [3.05, 3.63) is 21.0 Å². The number of aromatic amines is 1. The Morgan fingerprint density at radius 1 is 1.55 bits per heavy atom. The van der Waals surface area contributed by atoms with E-state index in [0.717, 1.165) is 4.57 Å². The lowest BCUT2D eigenvalue weighted by Crippen LogP contribution is -2.34. The molecular formula is C5H7N3O2S. The van der Waals surface area contributed by atoms with Gasteiger partial charge in [0.25, 0.3) is 0 Å². The van der Waals surface area contributed by atoms with Crippen LogP contribution in [0.2, 0.25) is 0 Å². The Balaban J connectivity index is 3.45. The van der Waals surface area contributed by atoms with E-state index < -0.39 is 11.4 Å². The van der Waals surface area contributed by atoms with Gasteiger partial charge in [0.2, 0.25) is 0 Å². The number of aromatic nitrogens is 3. The van der Waals surface area contributed by atoms with Gasteiger partial charge in [0, 0.05) is 7.05 Å². The van der Waals surface area contributed by atoms with Crippen molar-refractivity contribution in [2.75, 3.05) is 6.26 Å². The SMILES string of the molecule is CSc1nc(=O)n(C)c(=O)[nH]1. The first-order valence-corrected chi connectivity index (χ1v) is 4.09. The fourth-order valence-corrected chi connectivity index (χ4v) is 0.907. The van der Waals surface area contributed by atoms with E-state index in [1.54, 1.807) is 6.26 Å². The number of nitrogens with one attached hydrogen (secondary N) is 1. The summed E-state index contributed by atoms with van der Waals surface area (Å²) in [6.07, 6.45) is 1.73. The van der Waals surface area contributed by atoms with E-state index in [1.807, 2.05) is 0 Å². The Bertz CT molecular complexity index is 335. The van der Waals surface area contributed by atoms with Crippen molar-refractivity contribution in [2.45, 2.75) is 5.16 Å². The predicted octanol–water partition coefficient (Wildman–Crippen LogP) is -0.810. The lowest BCUT2D eigenvalue weighted by Gasteiger charge is -1.95. The molecule has 0 spiro atoms. The fraction of sp³-hybridized carbons (Fsp3) is 0.400. The number of nitrogens with zero attached hydrogens (tertiary/aromatic N) is 2. The van der Waals surface area contributed by atoms with Crippen LogP contribution < -0.4 is 11.4 Å². The van der Waals surface area contributed by atoms with Gasteiger partial charge in [-0.1, -0.05) is 11.8 Å². The minimum absolute atomic E-state index is 0.345. The predicted molar refractivity (Wildman–Crippen MR) is 41.9 cm³/mol. The van der Waals surface area contributed by atoms with Gasteiger partial charge in [0.05, 0.1) is 0 Å². The topological polar surface area (TPSA) is 67.8 Å². The van der Waals surface area contributed by atoms with E-state index in [2.05, 4.69) is 9.97 Å². The molecule has 0 bridgehead atoms. The second kappa shape index (κ2) is 2.91. The van der Waals surface area contributed by atoms with E-state index in [1.165, 1.54) is 18.8 Å². The first kappa shape index (κ1) is 8.06. The molecule has 11 heavy (non-hydrogen) atoms. The summed E-state index contributed by atoms with van der Waals surface area (Å²) in [5.74, 6) is 0. The average Bonchev–Trinajstić information content (AvgIpc) is 1.99. The summed E-state index contributed by atoms with van der Waals surface area (Å²) in [7, 11) is 1.37. The number of hydrogen-bond donors (Lipinski definition) is 1. The maximum Gasteiger partial charge on any atom is 0.353 e. The maximum absolute atomic E-state index is 10.9. The molecular weight excluding hydrogens is 166 g/mol. The zero-order chi connectivity index (χ0) is 8.43. The van der Waals surface area contributed by atoms with E-state index in [4.69, 9.17) is 0 Å². The van der Waals surface area contributed by atoms with Crippen molar-refractivity contribution in [1.82, 2.24) is 14.5 Å². The van der Waals surface area contributed by atoms with Gasteiger partial charge in [0.1, 0.15) is 0 Å². The molecule has 1 rings (SSSR count). The molecule has 5 nitrogen and oxygen atoms in total. The van der Waals surface area contributed by atoms with Crippen LogP contribution in [-0.4, -0.2) is 20.8 Å². The van der Waals surface area contributed by atoms with Crippen molar-refractivity contribution >= 4 is 11.8 Å². The minimum Gasteiger partial charge on any atom is -0.286 e. The van der Waals surface area contributed by atoms with Gasteiger partial charge < -0.3 is 0 Å². The molecule has 1 N–H and O–H groups in total. The molecule has 0 aliphatic heterocycles. The zero-order valence-corrected chi connectivity index (χ0v) is 6.94. The third-order valence-corrected chi connectivity index (χ3v) is 1.78. The lowest BCUT2D eigenvalue weighted by molar-refractivity contribution is 0.682. The number of H-pyrrole nitrogens is 1. The second-order valence-corrected chi connectivity index (χ2v) is 2.69. The summed E-state index contributed by atoms with van der Waals surface area (Å²) < 4.78 is 0.916. The third-order valence-electron chi connectivity index (χ3n) is 1.20. The van der Waals surface area contributed by atoms with Gasteiger partial charge in [-0.3, -0.25) is 4.98 Å². The monoisotopic (exact) mass is 173 g/mol. The minimum atomic E-state index is -0.530. The number of hydrogen-bond acceptors (Lipinski definition) is 4. The lowest BCUT2D eigenvalue weighted by atomic mass is 10.9. The van der Waals surface area contributed by atoms with Crippen LogP contribution in [0.4, 0.5) is 0 Å². The molecule has 0 aliphatic rings. The van der Waals surface area contributed by atoms with Crippen LogP contribution in [0.15, 0.2) is 14.7 Å². The fourth-order valence-electron chi connectivity index (χ4n) is 0.549. The summed E-state index contributed by atoms with van der Waals surface area (Å²) >= 11 is 1.23. The molecule has 0 atom stereocenters. The summed E-state index contributed by atoms with van der Waals surface area (Å²) in [4.78, 5) is 27.7. The standard InChI is InChI=1S/C5H7N3O2S/c1-8-4(9)6-3(11-2)7-5(8)10/h1-2H3,(H,6,7,9,10). The zero-order valence-electron chi connectivity index (χ0n) is 6.12. The van der Waals surface area contributed by atoms with Crippen molar-refractivity contribution in [3.8, 4) is 0 Å². The highest BCUT2D eigenvalue weighted by molar-refractivity contribution is 7.98. The Morgan fingerprint density at radius 2 is 2.18 bits per heavy atom. The molecule has 0 unspecified atom stereocenters. The normalized spacial score (nSPS) is 10.0. The molecule has 0 amide bonds. The molecule has 0 saturated heterocycles. The van der Waals surface area contributed by atoms with Crippen LogP contribution in [0.3, 0.4) is 0 Å². The molecule has 1 aromatic heterocycles. The molecule has 1 heterocycles. The molecule has 0 aliphatic carbocycles. The number of rotatable bonds is 1. The highest BCUT2D eigenvalue weighted by Crippen LogP contribution is 2.00. The van der Waals surface area contributed by atoms with Crippen LogP contribution in [0.1, 0.15) is 0 Å². The molecule has 60 valence electrons. The largest absolute Gasteiger partial charge is 0.353 e. The number of thioether (sulfide) groups is 1. The summed E-state index contributed by atoms with van der Waals surface area (Å²) in [6, 6.07) is 0. The van der Waals surface area contributed by atoms with Crippen molar-refractivity contribution < 1.29 is 0 Å². The van der Waals surface area contributed by atoms with E-state index in [-0.39, 0.29) is 0 Å². The maximum atomic E-state index is 10.9. The van der Waals surface area contributed by atoms with Crippen LogP contribution >= 0.6 is 11.8 Å². The van der Waals surface area contributed by atoms with Gasteiger partial charge in [-0.25, -0.2) is 14.2 Å². The summed E-state index contributed by atoms with van der Waals surface area (Å²) in [5, 5.41) is 0.345. The molecule has 0 radical (unpaired) electrons. The van der Waals surface area contributed by atoms with Crippen LogP contribution in [-0.2, 0) is 7.05 Å². The average molecular weight is 173 g/mol. The third kappa shape index (κ3) is 1.51. The first-order chi connectivity index (χ1) is 5.15. The smallest absolute Gasteiger partial charge is 0.286 e. The highest BCUT2D eigenvalue weighted by Gasteiger charge is 1.98. The molecule has 0 saturated carbocycles. The molecule has 0 fully saturated rings. The van der Waals surface area contributed by atoms with E-state index in [0.29, 0.717) is 5.16 Å². The van der Waals surface area contributed by atoms with Gasteiger partial charge in [-0.2, -0.15) is 4.98 Å². The first-order valence-electron chi connectivity index (χ1n) is 2.86. The Hall–Kier alpha value is -1.04. The van der Waals surface area contributed by atoms with Gasteiger partial charge in [0.15, 0.2) is 5.16 Å². The highest BCUT2D eigenvalue weighted by atomic mass is 32.2. The molecule has 0 aromatic carbocycles. The van der Waals surface area contributed by atoms with Gasteiger partial charge in [-0.15, -0.1) is 0 Å². The Labute approximate surface area is 66.5 Å². The molecule has 1 aromatic rings. The summed E-state index contributed by atoms with van der Waals surface area (Å²) in [6.45, 7) is 0. The van der Waals surface area contributed by atoms with Crippen LogP contribution in [0.25, 0.3) is 0 Å².